The van der Waals surface area contributed by atoms with Crippen LogP contribution in [0.2, 0.25) is 5.02 Å². The number of hydrogen-bond donors (Lipinski definition) is 1. The normalized spacial score (nSPS) is 18.0. The number of amides is 1. The number of hydrogen-bond acceptors (Lipinski definition) is 4. The number of rotatable bonds is 2. The SMILES string of the molecule is CN1C(=O)/C(=C/c2ccc(O)cc2)SC1=Nc1ccc(Br)c(Cl)c1. The van der Waals surface area contributed by atoms with Crippen molar-refractivity contribution in [1.82, 2.24) is 4.90 Å². The largest absolute Gasteiger partial charge is 0.508 e. The summed E-state index contributed by atoms with van der Waals surface area (Å²) in [6.07, 6.45) is 1.78. The molecule has 4 nitrogen and oxygen atoms in total. The number of nitrogens with zero attached hydrogens (tertiary/aromatic N) is 2. The molecule has 0 spiro atoms. The number of halogens is 2. The van der Waals surface area contributed by atoms with Gasteiger partial charge in [-0.3, -0.25) is 9.69 Å². The number of amidine groups is 1. The van der Waals surface area contributed by atoms with Gasteiger partial charge in [0, 0.05) is 11.5 Å². The van der Waals surface area contributed by atoms with E-state index in [0.29, 0.717) is 20.8 Å². The quantitative estimate of drug-likeness (QED) is 0.688. The molecular formula is C17H12BrClN2O2S. The molecule has 1 aliphatic heterocycles. The van der Waals surface area contributed by atoms with Crippen molar-refractivity contribution in [2.75, 3.05) is 7.05 Å². The minimum absolute atomic E-state index is 0.116. The van der Waals surface area contributed by atoms with Crippen molar-refractivity contribution in [2.24, 2.45) is 4.99 Å². The summed E-state index contributed by atoms with van der Waals surface area (Å²) in [4.78, 5) is 18.9. The Morgan fingerprint density at radius 3 is 2.62 bits per heavy atom. The molecule has 24 heavy (non-hydrogen) atoms. The van der Waals surface area contributed by atoms with E-state index in [1.807, 2.05) is 12.1 Å². The summed E-state index contributed by atoms with van der Waals surface area (Å²) in [5.41, 5.74) is 1.52. The van der Waals surface area contributed by atoms with E-state index in [1.165, 1.54) is 16.7 Å². The van der Waals surface area contributed by atoms with Crippen LogP contribution in [0.3, 0.4) is 0 Å². The van der Waals surface area contributed by atoms with E-state index in [2.05, 4.69) is 20.9 Å². The fraction of sp³-hybridized carbons (Fsp3) is 0.0588. The number of benzene rings is 2. The molecule has 122 valence electrons. The van der Waals surface area contributed by atoms with Crippen molar-refractivity contribution in [3.8, 4) is 5.75 Å². The van der Waals surface area contributed by atoms with Crippen LogP contribution < -0.4 is 0 Å². The van der Waals surface area contributed by atoms with Gasteiger partial charge in [0.1, 0.15) is 5.75 Å². The fourth-order valence-electron chi connectivity index (χ4n) is 2.04. The zero-order chi connectivity index (χ0) is 17.3. The first kappa shape index (κ1) is 17.1. The summed E-state index contributed by atoms with van der Waals surface area (Å²) in [7, 11) is 1.69. The lowest BCUT2D eigenvalue weighted by Crippen LogP contribution is -2.23. The van der Waals surface area contributed by atoms with Crippen molar-refractivity contribution in [2.45, 2.75) is 0 Å². The molecule has 0 aromatic heterocycles. The minimum Gasteiger partial charge on any atom is -0.508 e. The standard InChI is InChI=1S/C17H12BrClN2O2S/c1-21-16(23)15(8-10-2-5-12(22)6-3-10)24-17(21)20-11-4-7-13(18)14(19)9-11/h2-9,22H,1H3/b15-8-,20-17?. The molecule has 0 aliphatic carbocycles. The zero-order valence-electron chi connectivity index (χ0n) is 12.5. The third-order valence-electron chi connectivity index (χ3n) is 3.32. The maximum absolute atomic E-state index is 12.4. The summed E-state index contributed by atoms with van der Waals surface area (Å²) in [6, 6.07) is 12.0. The molecule has 1 fully saturated rings. The van der Waals surface area contributed by atoms with E-state index in [-0.39, 0.29) is 11.7 Å². The van der Waals surface area contributed by atoms with E-state index < -0.39 is 0 Å². The number of aliphatic imine (C=N–C) groups is 1. The third kappa shape index (κ3) is 3.66. The predicted octanol–water partition coefficient (Wildman–Crippen LogP) is 5.04. The van der Waals surface area contributed by atoms with Crippen LogP contribution in [-0.2, 0) is 4.79 Å². The predicted molar refractivity (Wildman–Crippen MR) is 103 cm³/mol. The first-order valence-electron chi connectivity index (χ1n) is 6.94. The van der Waals surface area contributed by atoms with Gasteiger partial charge in [0.15, 0.2) is 5.17 Å². The maximum Gasteiger partial charge on any atom is 0.266 e. The Bertz CT molecular complexity index is 865. The number of aromatic hydroxyl groups is 1. The number of phenolic OH excluding ortho intramolecular Hbond substituents is 1. The highest BCUT2D eigenvalue weighted by Gasteiger charge is 2.30. The molecule has 7 heteroatoms. The van der Waals surface area contributed by atoms with Crippen LogP contribution in [0.1, 0.15) is 5.56 Å². The highest BCUT2D eigenvalue weighted by molar-refractivity contribution is 9.10. The van der Waals surface area contributed by atoms with Crippen molar-refractivity contribution in [1.29, 1.82) is 0 Å². The number of thioether (sulfide) groups is 1. The topological polar surface area (TPSA) is 52.9 Å². The van der Waals surface area contributed by atoms with E-state index in [1.54, 1.807) is 43.5 Å². The Morgan fingerprint density at radius 2 is 1.96 bits per heavy atom. The van der Waals surface area contributed by atoms with E-state index >= 15 is 0 Å². The van der Waals surface area contributed by atoms with Gasteiger partial charge in [-0.1, -0.05) is 23.7 Å². The third-order valence-corrected chi connectivity index (χ3v) is 5.61. The van der Waals surface area contributed by atoms with Crippen LogP contribution in [0.4, 0.5) is 5.69 Å². The number of carbonyl (C=O) groups is 1. The second-order valence-corrected chi connectivity index (χ2v) is 7.33. The molecule has 0 radical (unpaired) electrons. The van der Waals surface area contributed by atoms with Gasteiger partial charge < -0.3 is 5.11 Å². The number of phenols is 1. The van der Waals surface area contributed by atoms with Gasteiger partial charge in [-0.05, 0) is 69.7 Å². The first-order chi connectivity index (χ1) is 11.4. The average Bonchev–Trinajstić information content (AvgIpc) is 2.81. The molecule has 1 amide bonds. The minimum atomic E-state index is -0.116. The van der Waals surface area contributed by atoms with Gasteiger partial charge in [0.05, 0.1) is 15.6 Å². The van der Waals surface area contributed by atoms with Gasteiger partial charge in [-0.2, -0.15) is 0 Å². The van der Waals surface area contributed by atoms with Gasteiger partial charge in [0.2, 0.25) is 0 Å². The van der Waals surface area contributed by atoms with Crippen molar-refractivity contribution < 1.29 is 9.90 Å². The molecule has 2 aromatic rings. The zero-order valence-corrected chi connectivity index (χ0v) is 15.7. The lowest BCUT2D eigenvalue weighted by molar-refractivity contribution is -0.121. The first-order valence-corrected chi connectivity index (χ1v) is 8.93. The lowest BCUT2D eigenvalue weighted by atomic mass is 10.2. The summed E-state index contributed by atoms with van der Waals surface area (Å²) < 4.78 is 0.796. The monoisotopic (exact) mass is 422 g/mol. The van der Waals surface area contributed by atoms with Crippen molar-refractivity contribution in [3.05, 3.63) is 62.4 Å². The van der Waals surface area contributed by atoms with E-state index in [4.69, 9.17) is 11.6 Å². The van der Waals surface area contributed by atoms with E-state index in [0.717, 1.165) is 10.0 Å². The van der Waals surface area contributed by atoms with Crippen LogP contribution in [0.15, 0.2) is 56.8 Å². The Morgan fingerprint density at radius 1 is 1.25 bits per heavy atom. The highest BCUT2D eigenvalue weighted by atomic mass is 79.9. The molecule has 0 saturated carbocycles. The fourth-order valence-corrected chi connectivity index (χ4v) is 3.45. The molecule has 2 aromatic carbocycles. The smallest absolute Gasteiger partial charge is 0.266 e. The molecule has 1 N–H and O–H groups in total. The van der Waals surface area contributed by atoms with Crippen molar-refractivity contribution in [3.63, 3.8) is 0 Å². The molecule has 3 rings (SSSR count). The second kappa shape index (κ2) is 7.01. The molecule has 0 bridgehead atoms. The molecule has 1 saturated heterocycles. The Labute approximate surface area is 157 Å². The van der Waals surface area contributed by atoms with Gasteiger partial charge >= 0.3 is 0 Å². The Hall–Kier alpha value is -1.76. The molecule has 1 heterocycles. The summed E-state index contributed by atoms with van der Waals surface area (Å²) in [5, 5.41) is 10.5. The Balaban J connectivity index is 1.89. The Kier molecular flexibility index (Phi) is 4.99. The van der Waals surface area contributed by atoms with Crippen molar-refractivity contribution >= 4 is 62.1 Å². The van der Waals surface area contributed by atoms with Gasteiger partial charge in [0.25, 0.3) is 5.91 Å². The molecule has 0 unspecified atom stereocenters. The summed E-state index contributed by atoms with van der Waals surface area (Å²) in [5.74, 6) is 0.0732. The van der Waals surface area contributed by atoms with E-state index in [9.17, 15) is 9.90 Å². The van der Waals surface area contributed by atoms with Crippen LogP contribution >= 0.6 is 39.3 Å². The maximum atomic E-state index is 12.4. The lowest BCUT2D eigenvalue weighted by Gasteiger charge is -2.07. The molecular weight excluding hydrogens is 412 g/mol. The number of carbonyl (C=O) groups excluding carboxylic acids is 1. The summed E-state index contributed by atoms with van der Waals surface area (Å²) >= 11 is 10.7. The summed E-state index contributed by atoms with van der Waals surface area (Å²) in [6.45, 7) is 0. The number of likely N-dealkylation sites (N-methyl/N-ethyl adjacent to an activating group) is 1. The second-order valence-electron chi connectivity index (χ2n) is 5.06. The van der Waals surface area contributed by atoms with Gasteiger partial charge in [-0.15, -0.1) is 0 Å². The van der Waals surface area contributed by atoms with Crippen LogP contribution in [0.25, 0.3) is 6.08 Å². The highest BCUT2D eigenvalue weighted by Crippen LogP contribution is 2.34. The van der Waals surface area contributed by atoms with Crippen LogP contribution in [-0.4, -0.2) is 28.1 Å². The van der Waals surface area contributed by atoms with Gasteiger partial charge in [-0.25, -0.2) is 4.99 Å². The molecule has 1 aliphatic rings. The molecule has 0 atom stereocenters. The van der Waals surface area contributed by atoms with Crippen LogP contribution in [0, 0.1) is 0 Å². The van der Waals surface area contributed by atoms with Crippen LogP contribution in [0.5, 0.6) is 5.75 Å². The average molecular weight is 424 g/mol.